The van der Waals surface area contributed by atoms with E-state index in [0.29, 0.717) is 11.4 Å². The van der Waals surface area contributed by atoms with E-state index < -0.39 is 0 Å². The van der Waals surface area contributed by atoms with Gasteiger partial charge in [-0.05, 0) is 50.4 Å². The first-order chi connectivity index (χ1) is 8.04. The molecule has 0 spiro atoms. The fourth-order valence-electron chi connectivity index (χ4n) is 1.24. The largest absolute Gasteiger partial charge is 0.409 e. The van der Waals surface area contributed by atoms with Crippen molar-refractivity contribution in [3.05, 3.63) is 26.1 Å². The predicted molar refractivity (Wildman–Crippen MR) is 78.0 cm³/mol. The normalized spacial score (nSPS) is 11.6. The van der Waals surface area contributed by atoms with Crippen LogP contribution in [0, 0.1) is 0 Å². The van der Waals surface area contributed by atoms with Crippen LogP contribution in [0.25, 0.3) is 0 Å². The zero-order valence-corrected chi connectivity index (χ0v) is 12.8. The number of hydrogen-bond donors (Lipinski definition) is 3. The van der Waals surface area contributed by atoms with Gasteiger partial charge in [-0.25, -0.2) is 0 Å². The van der Waals surface area contributed by atoms with Gasteiger partial charge in [-0.3, -0.25) is 0 Å². The highest BCUT2D eigenvalue weighted by Crippen LogP contribution is 2.34. The summed E-state index contributed by atoms with van der Waals surface area (Å²) in [6.07, 6.45) is 1.32. The zero-order valence-electron chi connectivity index (χ0n) is 8.88. The summed E-state index contributed by atoms with van der Waals surface area (Å²) in [7, 11) is 0. The first kappa shape index (κ1) is 14.6. The van der Waals surface area contributed by atoms with E-state index in [9.17, 15) is 0 Å². The molecule has 0 fully saturated rings. The van der Waals surface area contributed by atoms with Crippen LogP contribution in [0.15, 0.2) is 26.2 Å². The molecule has 0 atom stereocenters. The van der Waals surface area contributed by atoms with Crippen LogP contribution in [-0.2, 0) is 0 Å². The Hall–Kier alpha value is -0.460. The van der Waals surface area contributed by atoms with Gasteiger partial charge in [0.15, 0.2) is 0 Å². The smallest absolute Gasteiger partial charge is 0.139 e. The van der Waals surface area contributed by atoms with Gasteiger partial charge in [-0.1, -0.05) is 16.8 Å². The van der Waals surface area contributed by atoms with Crippen molar-refractivity contribution in [3.8, 4) is 0 Å². The molecule has 0 aliphatic heterocycles. The minimum Gasteiger partial charge on any atom is -0.409 e. The topological polar surface area (TPSA) is 70.6 Å². The highest BCUT2D eigenvalue weighted by atomic mass is 79.9. The summed E-state index contributed by atoms with van der Waals surface area (Å²) in [5.74, 6) is 0.237. The van der Waals surface area contributed by atoms with Gasteiger partial charge in [0.2, 0.25) is 0 Å². The molecule has 7 heteroatoms. The van der Waals surface area contributed by atoms with E-state index in [2.05, 4.69) is 42.3 Å². The van der Waals surface area contributed by atoms with Crippen molar-refractivity contribution >= 4 is 55.0 Å². The summed E-state index contributed by atoms with van der Waals surface area (Å²) in [5, 5.41) is 15.2. The van der Waals surface area contributed by atoms with Crippen molar-refractivity contribution < 1.29 is 5.21 Å². The van der Waals surface area contributed by atoms with Gasteiger partial charge >= 0.3 is 0 Å². The third-order valence-electron chi connectivity index (χ3n) is 2.05. The molecule has 0 heterocycles. The number of anilines is 1. The van der Waals surface area contributed by atoms with Crippen LogP contribution >= 0.6 is 43.5 Å². The van der Waals surface area contributed by atoms with Crippen LogP contribution in [0.3, 0.4) is 0 Å². The lowest BCUT2D eigenvalue weighted by Crippen LogP contribution is -2.13. The van der Waals surface area contributed by atoms with Crippen molar-refractivity contribution in [3.63, 3.8) is 0 Å². The molecule has 0 amide bonds. The number of halogens is 3. The van der Waals surface area contributed by atoms with Crippen LogP contribution < -0.4 is 11.1 Å². The van der Waals surface area contributed by atoms with Crippen LogP contribution in [-0.4, -0.2) is 17.6 Å². The van der Waals surface area contributed by atoms with E-state index in [-0.39, 0.29) is 5.84 Å². The van der Waals surface area contributed by atoms with E-state index in [1.807, 2.05) is 12.1 Å². The number of nitrogens with zero attached hydrogens (tertiary/aromatic N) is 1. The molecule has 0 aliphatic carbocycles. The third kappa shape index (κ3) is 4.73. The molecule has 4 N–H and O–H groups in total. The Bertz CT molecular complexity index is 403. The van der Waals surface area contributed by atoms with E-state index in [1.54, 1.807) is 0 Å². The van der Waals surface area contributed by atoms with Gasteiger partial charge in [-0.2, -0.15) is 0 Å². The lowest BCUT2D eigenvalue weighted by atomic mass is 10.2. The van der Waals surface area contributed by atoms with Crippen molar-refractivity contribution in [1.29, 1.82) is 0 Å². The Morgan fingerprint density at radius 2 is 2.00 bits per heavy atom. The molecule has 0 saturated heterocycles. The number of oxime groups is 1. The lowest BCUT2D eigenvalue weighted by Gasteiger charge is -2.11. The predicted octanol–water partition coefficient (Wildman–Crippen LogP) is 3.80. The van der Waals surface area contributed by atoms with Gasteiger partial charge in [0.05, 0.1) is 5.69 Å². The number of benzene rings is 1. The van der Waals surface area contributed by atoms with Gasteiger partial charge in [0.25, 0.3) is 0 Å². The maximum Gasteiger partial charge on any atom is 0.139 e. The lowest BCUT2D eigenvalue weighted by molar-refractivity contribution is 0.316. The molecule has 1 aromatic carbocycles. The molecular formula is C10H12Br2ClN3O. The Balaban J connectivity index is 2.52. The van der Waals surface area contributed by atoms with Crippen LogP contribution in [0.1, 0.15) is 12.8 Å². The van der Waals surface area contributed by atoms with Crippen LogP contribution in [0.2, 0.25) is 5.02 Å². The van der Waals surface area contributed by atoms with Crippen molar-refractivity contribution in [1.82, 2.24) is 0 Å². The van der Waals surface area contributed by atoms with Gasteiger partial charge in [-0.15, -0.1) is 0 Å². The van der Waals surface area contributed by atoms with Crippen LogP contribution in [0.4, 0.5) is 5.69 Å². The Morgan fingerprint density at radius 3 is 2.53 bits per heavy atom. The molecule has 0 radical (unpaired) electrons. The fourth-order valence-corrected chi connectivity index (χ4v) is 3.19. The van der Waals surface area contributed by atoms with E-state index in [0.717, 1.165) is 27.6 Å². The highest BCUT2D eigenvalue weighted by molar-refractivity contribution is 9.11. The molecular weight excluding hydrogens is 373 g/mol. The monoisotopic (exact) mass is 383 g/mol. The maximum atomic E-state index is 8.38. The summed E-state index contributed by atoms with van der Waals surface area (Å²) in [4.78, 5) is 0. The Labute approximate surface area is 121 Å². The maximum absolute atomic E-state index is 8.38. The molecule has 0 bridgehead atoms. The number of nitrogens with two attached hydrogens (primary N) is 1. The molecule has 0 aliphatic rings. The average Bonchev–Trinajstić information content (AvgIpc) is 2.26. The SMILES string of the molecule is NC(CCCNc1c(Br)cc(Cl)cc1Br)=NO. The molecule has 0 saturated carbocycles. The van der Waals surface area contributed by atoms with Crippen LogP contribution in [0.5, 0.6) is 0 Å². The molecule has 4 nitrogen and oxygen atoms in total. The molecule has 1 rings (SSSR count). The van der Waals surface area contributed by atoms with Crippen molar-refractivity contribution in [2.45, 2.75) is 12.8 Å². The second-order valence-corrected chi connectivity index (χ2v) is 5.51. The standard InChI is InChI=1S/C10H12Br2ClN3O/c11-7-4-6(13)5-8(12)10(7)15-3-1-2-9(14)16-17/h4-5,15,17H,1-3H2,(H2,14,16). The van der Waals surface area contributed by atoms with Gasteiger partial charge in [0.1, 0.15) is 5.84 Å². The minimum atomic E-state index is 0.237. The average molecular weight is 385 g/mol. The second-order valence-electron chi connectivity index (χ2n) is 3.37. The van der Waals surface area contributed by atoms with E-state index in [4.69, 9.17) is 22.5 Å². The molecule has 1 aromatic rings. The number of rotatable bonds is 5. The molecule has 94 valence electrons. The summed E-state index contributed by atoms with van der Waals surface area (Å²) >= 11 is 12.8. The van der Waals surface area contributed by atoms with E-state index in [1.165, 1.54) is 0 Å². The van der Waals surface area contributed by atoms with E-state index >= 15 is 0 Å². The first-order valence-corrected chi connectivity index (χ1v) is 6.85. The van der Waals surface area contributed by atoms with Gasteiger partial charge in [0, 0.05) is 26.9 Å². The number of hydrogen-bond acceptors (Lipinski definition) is 3. The highest BCUT2D eigenvalue weighted by Gasteiger charge is 2.06. The quantitative estimate of drug-likeness (QED) is 0.237. The van der Waals surface area contributed by atoms with Crippen molar-refractivity contribution in [2.75, 3.05) is 11.9 Å². The summed E-state index contributed by atoms with van der Waals surface area (Å²) in [6, 6.07) is 3.64. The third-order valence-corrected chi connectivity index (χ3v) is 3.52. The molecule has 17 heavy (non-hydrogen) atoms. The first-order valence-electron chi connectivity index (χ1n) is 4.89. The zero-order chi connectivity index (χ0) is 12.8. The second kappa shape index (κ2) is 7.08. The summed E-state index contributed by atoms with van der Waals surface area (Å²) in [6.45, 7) is 0.717. The summed E-state index contributed by atoms with van der Waals surface area (Å²) < 4.78 is 1.78. The Morgan fingerprint density at radius 1 is 1.41 bits per heavy atom. The van der Waals surface area contributed by atoms with Gasteiger partial charge < -0.3 is 16.3 Å². The number of nitrogens with one attached hydrogen (secondary N) is 1. The summed E-state index contributed by atoms with van der Waals surface area (Å²) in [5.41, 5.74) is 6.31. The fraction of sp³-hybridized carbons (Fsp3) is 0.300. The number of amidine groups is 1. The Kier molecular flexibility index (Phi) is 6.08. The molecule has 0 unspecified atom stereocenters. The molecule has 0 aromatic heterocycles. The van der Waals surface area contributed by atoms with Crippen molar-refractivity contribution in [2.24, 2.45) is 10.9 Å². The minimum absolute atomic E-state index is 0.237.